The van der Waals surface area contributed by atoms with Crippen LogP contribution in [0.4, 0.5) is 17.1 Å². The Bertz CT molecular complexity index is 2820. The first-order valence-electron chi connectivity index (χ1n) is 21.2. The molecule has 2 nitrogen and oxygen atoms in total. The highest BCUT2D eigenvalue weighted by molar-refractivity contribution is 6.06. The number of anilines is 3. The molecule has 1 heterocycles. The zero-order valence-electron chi connectivity index (χ0n) is 32.8. The summed E-state index contributed by atoms with van der Waals surface area (Å²) < 4.78 is 6.52. The van der Waals surface area contributed by atoms with Gasteiger partial charge in [0, 0.05) is 39.2 Å². The van der Waals surface area contributed by atoms with E-state index in [0.29, 0.717) is 5.41 Å². The fourth-order valence-corrected chi connectivity index (χ4v) is 12.4. The highest BCUT2D eigenvalue weighted by Gasteiger charge is 2.51. The second kappa shape index (κ2) is 12.3. The van der Waals surface area contributed by atoms with Crippen LogP contribution in [0, 0.1) is 17.8 Å². The Balaban J connectivity index is 1.01. The van der Waals surface area contributed by atoms with Crippen LogP contribution < -0.4 is 4.90 Å². The normalized spacial score (nSPS) is 22.5. The Kier molecular flexibility index (Phi) is 7.20. The summed E-state index contributed by atoms with van der Waals surface area (Å²) in [6, 6.07) is 58.9. The van der Waals surface area contributed by atoms with E-state index >= 15 is 0 Å². The van der Waals surface area contributed by atoms with Gasteiger partial charge in [-0.2, -0.15) is 0 Å². The van der Waals surface area contributed by atoms with Crippen molar-refractivity contribution in [2.45, 2.75) is 63.2 Å². The number of hydrogen-bond donors (Lipinski definition) is 0. The quantitative estimate of drug-likeness (QED) is 0.169. The van der Waals surface area contributed by atoms with Crippen LogP contribution in [-0.4, -0.2) is 0 Å². The Morgan fingerprint density at radius 3 is 1.89 bits per heavy atom. The maximum Gasteiger partial charge on any atom is 0.137 e. The van der Waals surface area contributed by atoms with E-state index in [1.54, 1.807) is 5.56 Å². The fourth-order valence-electron chi connectivity index (χ4n) is 12.4. The van der Waals surface area contributed by atoms with Crippen LogP contribution in [0.25, 0.3) is 55.3 Å². The number of benzene rings is 7. The lowest BCUT2D eigenvalue weighted by molar-refractivity contribution is -0.00518. The van der Waals surface area contributed by atoms with Gasteiger partial charge >= 0.3 is 0 Å². The van der Waals surface area contributed by atoms with Gasteiger partial charge < -0.3 is 9.32 Å². The topological polar surface area (TPSA) is 16.4 Å². The minimum atomic E-state index is -0.120. The summed E-state index contributed by atoms with van der Waals surface area (Å²) >= 11 is 0. The molecule has 7 aromatic carbocycles. The van der Waals surface area contributed by atoms with Gasteiger partial charge in [-0.3, -0.25) is 0 Å². The van der Waals surface area contributed by atoms with Gasteiger partial charge in [-0.1, -0.05) is 123 Å². The van der Waals surface area contributed by atoms with Crippen LogP contribution in [0.15, 0.2) is 162 Å². The molecule has 5 aliphatic carbocycles. The van der Waals surface area contributed by atoms with Crippen LogP contribution in [0.5, 0.6) is 0 Å². The minimum Gasteiger partial charge on any atom is -0.456 e. The van der Waals surface area contributed by atoms with Crippen molar-refractivity contribution in [2.75, 3.05) is 4.90 Å². The monoisotopic (exact) mass is 737 g/mol. The summed E-state index contributed by atoms with van der Waals surface area (Å²) in [4.78, 5) is 2.45. The van der Waals surface area contributed by atoms with E-state index in [9.17, 15) is 0 Å². The largest absolute Gasteiger partial charge is 0.456 e. The van der Waals surface area contributed by atoms with Crippen molar-refractivity contribution in [3.05, 3.63) is 174 Å². The van der Waals surface area contributed by atoms with Gasteiger partial charge in [-0.25, -0.2) is 0 Å². The van der Waals surface area contributed by atoms with Crippen LogP contribution in [-0.2, 0) is 10.8 Å². The third-order valence-electron chi connectivity index (χ3n) is 14.6. The van der Waals surface area contributed by atoms with Crippen LogP contribution in [0.1, 0.15) is 69.1 Å². The maximum atomic E-state index is 6.52. The molecule has 0 radical (unpaired) electrons. The molecule has 8 aromatic rings. The molecule has 13 rings (SSSR count). The van der Waals surface area contributed by atoms with Gasteiger partial charge in [0.25, 0.3) is 0 Å². The Morgan fingerprint density at radius 1 is 0.474 bits per heavy atom. The first-order valence-corrected chi connectivity index (χ1v) is 21.2. The molecule has 0 aliphatic heterocycles. The first kappa shape index (κ1) is 33.3. The van der Waals surface area contributed by atoms with E-state index < -0.39 is 0 Å². The summed E-state index contributed by atoms with van der Waals surface area (Å²) in [6.07, 6.45) is 8.62. The highest BCUT2D eigenvalue weighted by atomic mass is 16.3. The molecule has 4 saturated carbocycles. The molecule has 278 valence electrons. The number of hydrogen-bond acceptors (Lipinski definition) is 2. The molecule has 1 aromatic heterocycles. The minimum absolute atomic E-state index is 0.120. The van der Waals surface area contributed by atoms with Crippen molar-refractivity contribution < 1.29 is 4.42 Å². The molecule has 2 heteroatoms. The van der Waals surface area contributed by atoms with Crippen molar-refractivity contribution >= 4 is 39.0 Å². The van der Waals surface area contributed by atoms with Gasteiger partial charge in [0.05, 0.1) is 5.69 Å². The van der Waals surface area contributed by atoms with Crippen LogP contribution in [0.3, 0.4) is 0 Å². The van der Waals surface area contributed by atoms with Gasteiger partial charge in [0.1, 0.15) is 11.2 Å². The van der Waals surface area contributed by atoms with Crippen molar-refractivity contribution in [3.8, 4) is 33.4 Å². The number of rotatable bonds is 6. The third kappa shape index (κ3) is 5.15. The van der Waals surface area contributed by atoms with Gasteiger partial charge in [-0.15, -0.1) is 0 Å². The van der Waals surface area contributed by atoms with Crippen LogP contribution in [0.2, 0.25) is 0 Å². The fraction of sp³-hybridized carbons (Fsp3) is 0.236. The predicted octanol–water partition coefficient (Wildman–Crippen LogP) is 15.2. The smallest absolute Gasteiger partial charge is 0.137 e. The second-order valence-corrected chi connectivity index (χ2v) is 18.4. The predicted molar refractivity (Wildman–Crippen MR) is 237 cm³/mol. The molecule has 4 bridgehead atoms. The second-order valence-electron chi connectivity index (χ2n) is 18.4. The average molecular weight is 738 g/mol. The lowest BCUT2D eigenvalue weighted by atomic mass is 9.48. The Morgan fingerprint density at radius 2 is 1.11 bits per heavy atom. The summed E-state index contributed by atoms with van der Waals surface area (Å²) in [6.45, 7) is 4.73. The number of furan rings is 1. The lowest BCUT2D eigenvalue weighted by Gasteiger charge is -2.57. The van der Waals surface area contributed by atoms with Crippen molar-refractivity contribution in [3.63, 3.8) is 0 Å². The standard InChI is InChI=1S/C55H47NO/c1-54(2)49-14-8-6-12-44(49)45-23-21-42(30-50(45)54)56(43-22-24-47-46-13-7-9-15-52(46)57-53(47)31-43)51-25-18-40(29-48(51)39-10-4-3-5-11-39)38-16-19-41(20-17-38)55-32-35-26-36(33-55)28-37(27-35)34-55/h3-25,29-31,35-37H,26-28,32-34H2,1-2H3. The molecule has 0 unspecified atom stereocenters. The Labute approximate surface area is 335 Å². The van der Waals surface area contributed by atoms with E-state index in [2.05, 4.69) is 170 Å². The highest BCUT2D eigenvalue weighted by Crippen LogP contribution is 2.61. The maximum absolute atomic E-state index is 6.52. The molecular formula is C55H47NO. The average Bonchev–Trinajstić information content (AvgIpc) is 3.72. The molecule has 0 spiro atoms. The van der Waals surface area contributed by atoms with Gasteiger partial charge in [0.15, 0.2) is 0 Å². The van der Waals surface area contributed by atoms with Crippen LogP contribution >= 0.6 is 0 Å². The molecule has 0 N–H and O–H groups in total. The summed E-state index contributed by atoms with van der Waals surface area (Å²) in [5.74, 6) is 2.83. The van der Waals surface area contributed by atoms with E-state index in [1.165, 1.54) is 83.0 Å². The van der Waals surface area contributed by atoms with E-state index in [-0.39, 0.29) is 5.41 Å². The van der Waals surface area contributed by atoms with Gasteiger partial charge in [-0.05, 0) is 149 Å². The summed E-state index contributed by atoms with van der Waals surface area (Å²) in [7, 11) is 0. The molecule has 57 heavy (non-hydrogen) atoms. The number of nitrogens with zero attached hydrogens (tertiary/aromatic N) is 1. The van der Waals surface area contributed by atoms with E-state index in [4.69, 9.17) is 4.42 Å². The molecule has 5 aliphatic rings. The zero-order chi connectivity index (χ0) is 37.9. The number of fused-ring (bicyclic) bond motifs is 6. The van der Waals surface area contributed by atoms with E-state index in [1.807, 2.05) is 6.07 Å². The zero-order valence-corrected chi connectivity index (χ0v) is 32.8. The molecule has 0 saturated heterocycles. The van der Waals surface area contributed by atoms with Crippen molar-refractivity contribution in [2.24, 2.45) is 17.8 Å². The first-order chi connectivity index (χ1) is 27.9. The van der Waals surface area contributed by atoms with Gasteiger partial charge in [0.2, 0.25) is 0 Å². The molecular weight excluding hydrogens is 691 g/mol. The molecule has 4 fully saturated rings. The molecule has 0 amide bonds. The summed E-state index contributed by atoms with van der Waals surface area (Å²) in [5.41, 5.74) is 17.3. The SMILES string of the molecule is CC1(C)c2ccccc2-c2ccc(N(c3ccc4c(c3)oc3ccccc34)c3ccc(-c4ccc(C56CC7CC(CC(C7)C5)C6)cc4)cc3-c3ccccc3)cc21. The van der Waals surface area contributed by atoms with E-state index in [0.717, 1.165) is 56.8 Å². The lowest BCUT2D eigenvalue weighted by Crippen LogP contribution is -2.48. The van der Waals surface area contributed by atoms with Crippen molar-refractivity contribution in [1.82, 2.24) is 0 Å². The summed E-state index contributed by atoms with van der Waals surface area (Å²) in [5, 5.41) is 2.28. The third-order valence-corrected chi connectivity index (χ3v) is 14.6. The van der Waals surface area contributed by atoms with Crippen molar-refractivity contribution in [1.29, 1.82) is 0 Å². The number of para-hydroxylation sites is 1. The molecule has 0 atom stereocenters. The Hall–Kier alpha value is -5.86.